The molecule has 6 aliphatic carbocycles. The molecule has 3 heterocycles. The smallest absolute Gasteiger partial charge is 0.163 e. The summed E-state index contributed by atoms with van der Waals surface area (Å²) in [7, 11) is 0. The van der Waals surface area contributed by atoms with E-state index >= 15 is 0 Å². The van der Waals surface area contributed by atoms with Crippen molar-refractivity contribution in [3.8, 4) is 167 Å². The molecule has 0 fully saturated rings. The van der Waals surface area contributed by atoms with Crippen LogP contribution in [0.1, 0.15) is 150 Å². The van der Waals surface area contributed by atoms with E-state index in [1.54, 1.807) is 19.0 Å². The molecule has 0 aliphatic heterocycles. The summed E-state index contributed by atoms with van der Waals surface area (Å²) in [4.78, 5) is 26.8. The van der Waals surface area contributed by atoms with Gasteiger partial charge in [-0.3, -0.25) is 4.98 Å². The molecule has 0 saturated heterocycles. The number of pyridine rings is 1. The van der Waals surface area contributed by atoms with Crippen molar-refractivity contribution in [1.29, 1.82) is 0 Å². The number of rotatable bonds is 9. The summed E-state index contributed by atoms with van der Waals surface area (Å²) in [6, 6.07) is 148. The Balaban J connectivity index is 0.000000108. The predicted molar refractivity (Wildman–Crippen MR) is 625 cm³/mol. The maximum absolute atomic E-state index is 4.67. The Morgan fingerprint density at radius 1 is 0.140 bits per heavy atom. The second kappa shape index (κ2) is 33.5. The average Bonchev–Trinajstić information content (AvgIpc) is 1.22. The number of fused-ring (bicyclic) bond motifs is 24. The molecule has 0 radical (unpaired) electrons. The van der Waals surface area contributed by atoms with Gasteiger partial charge in [0.15, 0.2) is 5.82 Å². The van der Waals surface area contributed by atoms with Crippen molar-refractivity contribution < 1.29 is 0 Å². The van der Waals surface area contributed by atoms with E-state index in [2.05, 4.69) is 507 Å². The van der Waals surface area contributed by atoms with Gasteiger partial charge in [-0.25, -0.2) is 24.9 Å². The van der Waals surface area contributed by atoms with Gasteiger partial charge >= 0.3 is 0 Å². The highest BCUT2D eigenvalue weighted by Gasteiger charge is 2.43. The van der Waals surface area contributed by atoms with Crippen molar-refractivity contribution in [1.82, 2.24) is 29.9 Å². The van der Waals surface area contributed by atoms with Gasteiger partial charge in [-0.05, 0) is 343 Å². The third-order valence-electron chi connectivity index (χ3n) is 35.0. The predicted octanol–water partition coefficient (Wildman–Crippen LogP) is 37.2. The minimum Gasteiger partial charge on any atom is -0.265 e. The lowest BCUT2D eigenvalue weighted by Gasteiger charge is -2.23. The lowest BCUT2D eigenvalue weighted by molar-refractivity contribution is 0.660. The number of aromatic nitrogens is 6. The van der Waals surface area contributed by atoms with Crippen LogP contribution in [0.5, 0.6) is 0 Å². The van der Waals surface area contributed by atoms with E-state index in [4.69, 9.17) is 0 Å². The second-order valence-corrected chi connectivity index (χ2v) is 45.1. The van der Waals surface area contributed by atoms with Crippen LogP contribution in [0.25, 0.3) is 232 Å². The van der Waals surface area contributed by atoms with Crippen LogP contribution in [0.15, 0.2) is 438 Å². The summed E-state index contributed by atoms with van der Waals surface area (Å²) in [5, 5.41) is 14.6. The van der Waals surface area contributed by atoms with Gasteiger partial charge < -0.3 is 0 Å². The molecule has 0 bridgehead atoms. The summed E-state index contributed by atoms with van der Waals surface area (Å²) in [6.07, 6.45) is 12.5. The van der Waals surface area contributed by atoms with Crippen molar-refractivity contribution in [2.24, 2.45) is 0 Å². The van der Waals surface area contributed by atoms with Crippen LogP contribution < -0.4 is 0 Å². The van der Waals surface area contributed by atoms with Crippen LogP contribution >= 0.6 is 0 Å². The number of benzene rings is 21. The average molecular weight is 1920 g/mol. The highest BCUT2D eigenvalue weighted by Crippen LogP contribution is 2.60. The molecular weight excluding hydrogens is 1810 g/mol. The Morgan fingerprint density at radius 2 is 0.347 bits per heavy atom. The fraction of sp³-hybridized carbons (Fsp3) is 0.125. The molecule has 6 nitrogen and oxygen atoms in total. The lowest BCUT2D eigenvalue weighted by atomic mass is 9.80. The Morgan fingerprint density at radius 3 is 0.633 bits per heavy atom. The Bertz CT molecular complexity index is 8990. The van der Waals surface area contributed by atoms with E-state index in [0.29, 0.717) is 5.82 Å². The van der Waals surface area contributed by atoms with Crippen molar-refractivity contribution in [2.75, 3.05) is 0 Å². The van der Waals surface area contributed by atoms with Crippen LogP contribution in [0.2, 0.25) is 0 Å². The number of hydrogen-bond donors (Lipinski definition) is 0. The molecule has 0 saturated carbocycles. The molecule has 150 heavy (non-hydrogen) atoms. The van der Waals surface area contributed by atoms with Crippen molar-refractivity contribution in [3.05, 3.63) is 505 Å². The zero-order valence-electron chi connectivity index (χ0n) is 86.3. The van der Waals surface area contributed by atoms with Crippen LogP contribution in [-0.4, -0.2) is 29.9 Å². The topological polar surface area (TPSA) is 77.3 Å². The molecule has 0 N–H and O–H groups in total. The molecule has 0 amide bonds. The largest absolute Gasteiger partial charge is 0.265 e. The third kappa shape index (κ3) is 13.5. The van der Waals surface area contributed by atoms with Crippen molar-refractivity contribution in [3.63, 3.8) is 0 Å². The second-order valence-electron chi connectivity index (χ2n) is 45.1. The van der Waals surface area contributed by atoms with Gasteiger partial charge in [0.2, 0.25) is 0 Å². The first kappa shape index (κ1) is 90.0. The maximum Gasteiger partial charge on any atom is 0.163 e. The molecule has 0 spiro atoms. The van der Waals surface area contributed by atoms with Crippen LogP contribution in [0.4, 0.5) is 0 Å². The van der Waals surface area contributed by atoms with Gasteiger partial charge in [0.05, 0.1) is 0 Å². The zero-order chi connectivity index (χ0) is 101. The number of nitrogens with zero attached hydrogens (tertiary/aromatic N) is 6. The van der Waals surface area contributed by atoms with Crippen LogP contribution in [-0.2, 0) is 32.5 Å². The van der Waals surface area contributed by atoms with E-state index < -0.39 is 0 Å². The van der Waals surface area contributed by atoms with Crippen molar-refractivity contribution in [2.45, 2.75) is 116 Å². The molecule has 714 valence electrons. The highest BCUT2D eigenvalue weighted by molar-refractivity contribution is 6.25. The molecule has 0 unspecified atom stereocenters. The monoisotopic (exact) mass is 1920 g/mol. The fourth-order valence-corrected chi connectivity index (χ4v) is 27.4. The molecule has 3 aromatic heterocycles. The van der Waals surface area contributed by atoms with E-state index in [9.17, 15) is 0 Å². The van der Waals surface area contributed by atoms with Gasteiger partial charge in [0.1, 0.15) is 19.0 Å². The normalized spacial score (nSPS) is 14.7. The Kier molecular flexibility index (Phi) is 20.1. The fourth-order valence-electron chi connectivity index (χ4n) is 27.4. The summed E-state index contributed by atoms with van der Waals surface area (Å²) in [5.74, 6) is 0.683. The first-order valence-corrected chi connectivity index (χ1v) is 52.7. The van der Waals surface area contributed by atoms with Gasteiger partial charge in [-0.1, -0.05) is 411 Å². The summed E-state index contributed by atoms with van der Waals surface area (Å²) < 4.78 is 0. The summed E-state index contributed by atoms with van der Waals surface area (Å²) in [6.45, 7) is 28.3. The van der Waals surface area contributed by atoms with E-state index in [1.165, 1.54) is 271 Å². The first-order valence-electron chi connectivity index (χ1n) is 52.7. The molecule has 6 aliphatic rings. The molecule has 24 aromatic rings. The van der Waals surface area contributed by atoms with Gasteiger partial charge in [0, 0.05) is 74.0 Å². The van der Waals surface area contributed by atoms with E-state index in [-0.39, 0.29) is 32.5 Å². The number of hydrogen-bond acceptors (Lipinski definition) is 6. The molecular formula is C144H108N6. The zero-order valence-corrected chi connectivity index (χ0v) is 86.3. The molecule has 0 atom stereocenters. The van der Waals surface area contributed by atoms with Gasteiger partial charge in [-0.2, -0.15) is 0 Å². The minimum atomic E-state index is -0.0989. The van der Waals surface area contributed by atoms with Crippen molar-refractivity contribution >= 4 is 64.6 Å². The quantitative estimate of drug-likeness (QED) is 0.134. The van der Waals surface area contributed by atoms with E-state index in [0.717, 1.165) is 21.9 Å². The lowest BCUT2D eigenvalue weighted by Crippen LogP contribution is -2.15. The van der Waals surface area contributed by atoms with Gasteiger partial charge in [0.25, 0.3) is 0 Å². The molecule has 6 heteroatoms. The SMILES string of the molecule is CC1(C)c2ccccc2-c2ccc(-c3ccc4c(-c5ccncc5)c5ccccc5c(-c5ccc6c(c5)C(C)(C)c5ccccc5-6)c4c3)cc21.CC1(C)c2ccccc2-c2ccc(-c3ccc4c(-c5cncnc5)c5ccccc5c(-c5ccc6c(c5)C(C)(C)c5ccccc5-6)c4c3)cc21.CC1(C)c2ccccc2-c2ccc(-c3ccc4c(-c5ncncn5)c5ccccc5c(-c5ccc6c(c5)C(C)(C)c5ccccc5-6)c4c3)cc21. The Hall–Kier alpha value is -17.6. The van der Waals surface area contributed by atoms with Gasteiger partial charge in [-0.15, -0.1) is 0 Å². The maximum atomic E-state index is 4.67. The van der Waals surface area contributed by atoms with E-state index in [1.807, 2.05) is 24.8 Å². The third-order valence-corrected chi connectivity index (χ3v) is 35.0. The van der Waals surface area contributed by atoms with Crippen LogP contribution in [0, 0.1) is 0 Å². The Labute approximate surface area is 875 Å². The minimum absolute atomic E-state index is 0.0521. The summed E-state index contributed by atoms with van der Waals surface area (Å²) >= 11 is 0. The van der Waals surface area contributed by atoms with Crippen LogP contribution in [0.3, 0.4) is 0 Å². The highest BCUT2D eigenvalue weighted by atomic mass is 15.0. The molecule has 30 rings (SSSR count). The molecule has 21 aromatic carbocycles. The first-order chi connectivity index (χ1) is 73.0. The summed E-state index contributed by atoms with van der Waals surface area (Å²) in [5.41, 5.74) is 52.9. The standard InChI is InChI=1S/C49H37N.C48H36N2.C47H35N3/c1-48(2)42-15-9-7-11-34(42)36-20-17-32(28-44(36)48)31-18-22-40-41(27-31)47(39-14-6-5-13-38(39)46(40)30-23-25-50-26-24-30)33-19-21-37-35-12-8-10-16-43(35)49(3,4)45(37)29-33;1-47(2)41-15-9-7-11-33(41)35-20-17-30(24-43(35)47)29-18-22-39-40(23-29)45(37-13-5-6-14-38(37)46(39)32-26-49-28-50-27-32)31-19-21-36-34-12-8-10-16-42(34)48(3,4)44(36)25-31;1-46(2)39-15-9-7-11-31(39)33-20-17-29(24-41(33)46)28-18-22-37-38(23-28)43(35-13-5-6-14-36(35)44(37)45-49-26-48-27-50-45)30-19-21-34-32-12-8-10-16-40(32)47(3,4)42(34)25-30/h5-29H,1-4H3;5-28H,1-4H3;5-27H,1-4H3.